The summed E-state index contributed by atoms with van der Waals surface area (Å²) in [7, 11) is 0. The van der Waals surface area contributed by atoms with E-state index in [0.717, 1.165) is 39.4 Å². The molecule has 3 heterocycles. The molecule has 0 saturated heterocycles. The highest BCUT2D eigenvalue weighted by Crippen LogP contribution is 2.53. The minimum Gasteiger partial charge on any atom is -0.309 e. The van der Waals surface area contributed by atoms with Crippen LogP contribution < -0.4 is 0 Å². The smallest absolute Gasteiger partial charge is 0.162 e. The molecule has 0 bridgehead atoms. The molecule has 0 atom stereocenters. The Hall–Kier alpha value is -6.78. The van der Waals surface area contributed by atoms with Gasteiger partial charge in [0.1, 0.15) is 5.82 Å². The zero-order valence-electron chi connectivity index (χ0n) is 29.5. The average Bonchev–Trinajstić information content (AvgIpc) is 3.81. The molecular weight excluding hydrogens is 645 g/mol. The molecule has 1 aliphatic rings. The molecule has 0 radical (unpaired) electrons. The summed E-state index contributed by atoms with van der Waals surface area (Å²) in [5.74, 6) is 1.53. The Bertz CT molecular complexity index is 3040. The maximum absolute atomic E-state index is 5.25. The summed E-state index contributed by atoms with van der Waals surface area (Å²) >= 11 is 0. The van der Waals surface area contributed by atoms with Gasteiger partial charge < -0.3 is 4.57 Å². The normalized spacial score (nSPS) is 13.2. The van der Waals surface area contributed by atoms with Crippen LogP contribution in [-0.4, -0.2) is 19.1 Å². The van der Waals surface area contributed by atoms with Crippen LogP contribution in [0.15, 0.2) is 170 Å². The highest BCUT2D eigenvalue weighted by molar-refractivity contribution is 6.14. The summed E-state index contributed by atoms with van der Waals surface area (Å²) < 4.78 is 4.71. The number of hydrogen-bond acceptors (Lipinski definition) is 2. The van der Waals surface area contributed by atoms with Gasteiger partial charge in [-0.2, -0.15) is 0 Å². The lowest BCUT2D eigenvalue weighted by molar-refractivity contribution is 0.666. The van der Waals surface area contributed by atoms with Crippen LogP contribution >= 0.6 is 0 Å². The predicted octanol–water partition coefficient (Wildman–Crippen LogP) is 12.3. The van der Waals surface area contributed by atoms with E-state index >= 15 is 0 Å². The van der Waals surface area contributed by atoms with Gasteiger partial charge in [-0.15, -0.1) is 0 Å². The molecule has 1 aliphatic carbocycles. The van der Waals surface area contributed by atoms with Gasteiger partial charge in [0, 0.05) is 49.8 Å². The van der Waals surface area contributed by atoms with E-state index in [1.165, 1.54) is 54.8 Å². The highest BCUT2D eigenvalue weighted by atomic mass is 15.1. The Labute approximate surface area is 307 Å². The SMILES string of the molecule is CC1(C)c2ccccc2-c2ccc3c(c21)c1ccccc1n3-c1cccc(-c2cc(-n3c4ccccc4c4ccccc43)nc(-c3ccccc3)n2)c1. The van der Waals surface area contributed by atoms with E-state index in [-0.39, 0.29) is 5.41 Å². The van der Waals surface area contributed by atoms with Crippen LogP contribution in [0.25, 0.3) is 88.9 Å². The van der Waals surface area contributed by atoms with Gasteiger partial charge in [-0.3, -0.25) is 4.57 Å². The summed E-state index contributed by atoms with van der Waals surface area (Å²) in [4.78, 5) is 10.5. The largest absolute Gasteiger partial charge is 0.309 e. The Kier molecular flexibility index (Phi) is 6.27. The molecule has 10 aromatic rings. The number of benzene rings is 7. The Morgan fingerprint density at radius 2 is 1.08 bits per heavy atom. The second kappa shape index (κ2) is 11.1. The number of hydrogen-bond donors (Lipinski definition) is 0. The molecule has 0 spiro atoms. The zero-order valence-corrected chi connectivity index (χ0v) is 29.5. The Balaban J connectivity index is 1.15. The monoisotopic (exact) mass is 678 g/mol. The fourth-order valence-corrected chi connectivity index (χ4v) is 9.00. The van der Waals surface area contributed by atoms with E-state index in [0.29, 0.717) is 5.82 Å². The molecule has 53 heavy (non-hydrogen) atoms. The topological polar surface area (TPSA) is 35.6 Å². The Morgan fingerprint density at radius 3 is 1.83 bits per heavy atom. The predicted molar refractivity (Wildman–Crippen MR) is 219 cm³/mol. The summed E-state index contributed by atoms with van der Waals surface area (Å²) in [6, 6.07) is 60.8. The molecule has 4 heteroatoms. The second-order valence-electron chi connectivity index (χ2n) is 14.6. The van der Waals surface area contributed by atoms with Gasteiger partial charge >= 0.3 is 0 Å². The Morgan fingerprint density at radius 1 is 0.453 bits per heavy atom. The summed E-state index contributed by atoms with van der Waals surface area (Å²) in [6.45, 7) is 4.75. The summed E-state index contributed by atoms with van der Waals surface area (Å²) in [5.41, 5.74) is 14.0. The fraction of sp³-hybridized carbons (Fsp3) is 0.0612. The number of rotatable bonds is 4. The minimum absolute atomic E-state index is 0.125. The van der Waals surface area contributed by atoms with Gasteiger partial charge in [0.25, 0.3) is 0 Å². The lowest BCUT2D eigenvalue weighted by Crippen LogP contribution is -2.15. The third-order valence-corrected chi connectivity index (χ3v) is 11.3. The van der Waals surface area contributed by atoms with Crippen molar-refractivity contribution < 1.29 is 0 Å². The second-order valence-corrected chi connectivity index (χ2v) is 14.6. The van der Waals surface area contributed by atoms with E-state index in [1.54, 1.807) is 0 Å². The van der Waals surface area contributed by atoms with Crippen molar-refractivity contribution in [1.29, 1.82) is 0 Å². The van der Waals surface area contributed by atoms with Gasteiger partial charge in [-0.25, -0.2) is 9.97 Å². The molecule has 0 saturated carbocycles. The van der Waals surface area contributed by atoms with E-state index in [2.05, 4.69) is 175 Å². The molecule has 0 fully saturated rings. The van der Waals surface area contributed by atoms with Crippen molar-refractivity contribution in [3.63, 3.8) is 0 Å². The molecule has 0 amide bonds. The van der Waals surface area contributed by atoms with Crippen molar-refractivity contribution in [1.82, 2.24) is 19.1 Å². The van der Waals surface area contributed by atoms with Crippen LogP contribution in [0, 0.1) is 0 Å². The fourth-order valence-electron chi connectivity index (χ4n) is 9.00. The van der Waals surface area contributed by atoms with Crippen molar-refractivity contribution >= 4 is 43.6 Å². The maximum Gasteiger partial charge on any atom is 0.162 e. The van der Waals surface area contributed by atoms with Crippen LogP contribution in [0.3, 0.4) is 0 Å². The van der Waals surface area contributed by atoms with Crippen molar-refractivity contribution in [2.45, 2.75) is 19.3 Å². The van der Waals surface area contributed by atoms with Crippen molar-refractivity contribution in [2.75, 3.05) is 0 Å². The number of aromatic nitrogens is 4. The third-order valence-electron chi connectivity index (χ3n) is 11.3. The zero-order chi connectivity index (χ0) is 35.3. The van der Waals surface area contributed by atoms with Gasteiger partial charge in [0.05, 0.1) is 27.8 Å². The maximum atomic E-state index is 5.25. The summed E-state index contributed by atoms with van der Waals surface area (Å²) in [5, 5.41) is 5.01. The van der Waals surface area contributed by atoms with Crippen molar-refractivity contribution in [2.24, 2.45) is 0 Å². The van der Waals surface area contributed by atoms with Crippen LogP contribution in [0.1, 0.15) is 25.0 Å². The van der Waals surface area contributed by atoms with Crippen molar-refractivity contribution in [3.8, 4) is 45.3 Å². The minimum atomic E-state index is -0.125. The van der Waals surface area contributed by atoms with Gasteiger partial charge in [0.2, 0.25) is 0 Å². The van der Waals surface area contributed by atoms with Crippen LogP contribution in [-0.2, 0) is 5.41 Å². The van der Waals surface area contributed by atoms with Crippen LogP contribution in [0.2, 0.25) is 0 Å². The van der Waals surface area contributed by atoms with Gasteiger partial charge in [0.15, 0.2) is 5.82 Å². The molecule has 7 aromatic carbocycles. The standard InChI is InChI=1S/C49H34N4/c1-49(2)39-23-10-6-19-34(39)37-27-28-44-46(47(37)49)38-22-9-13-26-43(38)52(44)33-18-14-17-32(29-33)40-30-45(51-48(50-40)31-15-4-3-5-16-31)53-41-24-11-7-20-35(41)36-21-8-12-25-42(36)53/h3-30H,1-2H3. The summed E-state index contributed by atoms with van der Waals surface area (Å²) in [6.07, 6.45) is 0. The first kappa shape index (κ1) is 29.9. The lowest BCUT2D eigenvalue weighted by Gasteiger charge is -2.22. The number of nitrogens with zero attached hydrogens (tertiary/aromatic N) is 4. The first-order chi connectivity index (χ1) is 26.1. The molecule has 4 nitrogen and oxygen atoms in total. The molecule has 0 aliphatic heterocycles. The molecule has 0 N–H and O–H groups in total. The van der Waals surface area contributed by atoms with Gasteiger partial charge in [-0.1, -0.05) is 141 Å². The van der Waals surface area contributed by atoms with E-state index in [4.69, 9.17) is 9.97 Å². The third kappa shape index (κ3) is 4.30. The lowest BCUT2D eigenvalue weighted by atomic mass is 9.80. The number of fused-ring (bicyclic) bond motifs is 10. The molecular formula is C49H34N4. The van der Waals surface area contributed by atoms with Crippen LogP contribution in [0.4, 0.5) is 0 Å². The van der Waals surface area contributed by atoms with E-state index in [1.807, 2.05) is 18.2 Å². The molecule has 250 valence electrons. The van der Waals surface area contributed by atoms with E-state index in [9.17, 15) is 0 Å². The quantitative estimate of drug-likeness (QED) is 0.186. The van der Waals surface area contributed by atoms with Gasteiger partial charge in [-0.05, 0) is 58.7 Å². The average molecular weight is 679 g/mol. The molecule has 3 aromatic heterocycles. The highest BCUT2D eigenvalue weighted by Gasteiger charge is 2.38. The first-order valence-corrected chi connectivity index (χ1v) is 18.3. The van der Waals surface area contributed by atoms with E-state index < -0.39 is 0 Å². The molecule has 0 unspecified atom stereocenters. The van der Waals surface area contributed by atoms with Crippen molar-refractivity contribution in [3.05, 3.63) is 181 Å². The van der Waals surface area contributed by atoms with Crippen LogP contribution in [0.5, 0.6) is 0 Å². The molecule has 11 rings (SSSR count). The number of para-hydroxylation sites is 3. The first-order valence-electron chi connectivity index (χ1n) is 18.3.